The number of aryl methyl sites for hydroxylation is 1. The fraction of sp³-hybridized carbons (Fsp3) is 0.0690. The van der Waals surface area contributed by atoms with E-state index in [2.05, 4.69) is 216 Å². The van der Waals surface area contributed by atoms with E-state index in [1.165, 1.54) is 105 Å². The van der Waals surface area contributed by atoms with E-state index in [-0.39, 0.29) is 0 Å². The molecule has 2 nitrogen and oxygen atoms in total. The van der Waals surface area contributed by atoms with Crippen molar-refractivity contribution in [3.05, 3.63) is 223 Å². The van der Waals surface area contributed by atoms with Crippen LogP contribution >= 0.6 is 0 Å². The number of anilines is 5. The van der Waals surface area contributed by atoms with Gasteiger partial charge in [0.2, 0.25) is 0 Å². The molecule has 0 N–H and O–H groups in total. The van der Waals surface area contributed by atoms with E-state index >= 15 is 0 Å². The average molecular weight is 767 g/mol. The highest BCUT2D eigenvalue weighted by molar-refractivity contribution is 6.33. The molecule has 0 aliphatic carbocycles. The molecule has 0 aromatic heterocycles. The van der Waals surface area contributed by atoms with Gasteiger partial charge in [-0.2, -0.15) is 0 Å². The summed E-state index contributed by atoms with van der Waals surface area (Å²) in [5.41, 5.74) is 17.7. The Labute approximate surface area is 351 Å². The molecule has 0 saturated carbocycles. The molecule has 12 rings (SSSR count). The number of hydrogen-bond acceptors (Lipinski definition) is 2. The monoisotopic (exact) mass is 766 g/mol. The smallest absolute Gasteiger partial charge is 0.0497 e. The van der Waals surface area contributed by atoms with Gasteiger partial charge in [-0.3, -0.25) is 0 Å². The van der Waals surface area contributed by atoms with Crippen LogP contribution in [0.15, 0.2) is 206 Å². The predicted molar refractivity (Wildman–Crippen MR) is 255 cm³/mol. The molecular formula is C58H42N2. The van der Waals surface area contributed by atoms with Crippen molar-refractivity contribution in [1.29, 1.82) is 0 Å². The summed E-state index contributed by atoms with van der Waals surface area (Å²) < 4.78 is 0. The van der Waals surface area contributed by atoms with Gasteiger partial charge in [-0.25, -0.2) is 0 Å². The van der Waals surface area contributed by atoms with E-state index in [0.717, 1.165) is 31.5 Å². The van der Waals surface area contributed by atoms with Crippen LogP contribution in [0.25, 0.3) is 65.7 Å². The van der Waals surface area contributed by atoms with Gasteiger partial charge in [0.05, 0.1) is 0 Å². The number of benzene rings is 10. The van der Waals surface area contributed by atoms with Crippen molar-refractivity contribution in [3.63, 3.8) is 0 Å². The zero-order valence-corrected chi connectivity index (χ0v) is 33.4. The molecule has 2 aliphatic heterocycles. The lowest BCUT2D eigenvalue weighted by Crippen LogP contribution is -2.24. The lowest BCUT2D eigenvalue weighted by Gasteiger charge is -2.33. The van der Waals surface area contributed by atoms with Gasteiger partial charge in [0, 0.05) is 41.4 Å². The summed E-state index contributed by atoms with van der Waals surface area (Å²) in [7, 11) is 0. The first kappa shape index (κ1) is 34.6. The third-order valence-corrected chi connectivity index (χ3v) is 13.0. The number of hydrogen-bond donors (Lipinski definition) is 0. The third-order valence-electron chi connectivity index (χ3n) is 13.0. The molecule has 284 valence electrons. The maximum atomic E-state index is 2.50. The van der Waals surface area contributed by atoms with E-state index < -0.39 is 0 Å². The fourth-order valence-electron chi connectivity index (χ4n) is 10.2. The molecule has 0 spiro atoms. The van der Waals surface area contributed by atoms with Gasteiger partial charge in [-0.15, -0.1) is 0 Å². The summed E-state index contributed by atoms with van der Waals surface area (Å²) in [6, 6.07) is 76.8. The largest absolute Gasteiger partial charge is 0.341 e. The highest BCUT2D eigenvalue weighted by Crippen LogP contribution is 2.50. The van der Waals surface area contributed by atoms with Crippen LogP contribution in [0.4, 0.5) is 28.4 Å². The molecule has 10 aromatic carbocycles. The second kappa shape index (κ2) is 14.1. The van der Waals surface area contributed by atoms with E-state index in [0.29, 0.717) is 0 Å². The Morgan fingerprint density at radius 1 is 0.350 bits per heavy atom. The van der Waals surface area contributed by atoms with Crippen molar-refractivity contribution < 1.29 is 0 Å². The molecule has 10 aromatic rings. The SMILES string of the molecule is c1ccc(-c2cc(-c3ccc(N4c5ccccc5Cc5ccccc54)cc3)c3c4ccccc4c4ccccc4c3c2-c2ccc(N3CCCc4ccccc43)cc2)cc1. The first-order valence-electron chi connectivity index (χ1n) is 21.3. The summed E-state index contributed by atoms with van der Waals surface area (Å²) in [5.74, 6) is 0. The number of nitrogens with zero attached hydrogens (tertiary/aromatic N) is 2. The van der Waals surface area contributed by atoms with Gasteiger partial charge in [-0.05, 0) is 144 Å². The van der Waals surface area contributed by atoms with Gasteiger partial charge < -0.3 is 9.80 Å². The Balaban J connectivity index is 1.10. The average Bonchev–Trinajstić information content (AvgIpc) is 3.33. The fourth-order valence-corrected chi connectivity index (χ4v) is 10.2. The van der Waals surface area contributed by atoms with Crippen molar-refractivity contribution in [3.8, 4) is 33.4 Å². The number of para-hydroxylation sites is 3. The van der Waals surface area contributed by atoms with E-state index in [1.807, 2.05) is 0 Å². The molecular weight excluding hydrogens is 725 g/mol. The van der Waals surface area contributed by atoms with Crippen LogP contribution in [0.3, 0.4) is 0 Å². The summed E-state index contributed by atoms with van der Waals surface area (Å²) >= 11 is 0. The standard InChI is InChI=1S/C58H42N2/c1-2-15-39(16-3-1)51-38-52(40-28-34-46(35-29-40)60-54-26-12-5-18-43(54)37-44-19-6-13-27-55(44)60)57-49-23-9-7-21-47(49)48-22-8-10-24-50(48)58(57)56(51)42-30-32-45(33-31-42)59-36-14-20-41-17-4-11-25-53(41)59/h1-13,15-19,21-35,38H,14,20,36-37H2. The Hall–Kier alpha value is -7.42. The number of rotatable bonds is 5. The Kier molecular flexibility index (Phi) is 8.16. The summed E-state index contributed by atoms with van der Waals surface area (Å²) in [6.45, 7) is 1.02. The van der Waals surface area contributed by atoms with Gasteiger partial charge >= 0.3 is 0 Å². The van der Waals surface area contributed by atoms with E-state index in [4.69, 9.17) is 0 Å². The number of fused-ring (bicyclic) bond motifs is 9. The Morgan fingerprint density at radius 3 is 1.52 bits per heavy atom. The normalized spacial score (nSPS) is 13.3. The van der Waals surface area contributed by atoms with Gasteiger partial charge in [-0.1, -0.05) is 158 Å². The molecule has 60 heavy (non-hydrogen) atoms. The van der Waals surface area contributed by atoms with Gasteiger partial charge in [0.25, 0.3) is 0 Å². The van der Waals surface area contributed by atoms with Crippen molar-refractivity contribution in [2.24, 2.45) is 0 Å². The third kappa shape index (κ3) is 5.56. The van der Waals surface area contributed by atoms with Crippen LogP contribution in [-0.4, -0.2) is 6.54 Å². The predicted octanol–water partition coefficient (Wildman–Crippen LogP) is 15.6. The lowest BCUT2D eigenvalue weighted by molar-refractivity contribution is 0.767. The minimum Gasteiger partial charge on any atom is -0.341 e. The van der Waals surface area contributed by atoms with Crippen molar-refractivity contribution in [1.82, 2.24) is 0 Å². The minimum atomic E-state index is 0.942. The molecule has 0 unspecified atom stereocenters. The molecule has 0 amide bonds. The van der Waals surface area contributed by atoms with Crippen LogP contribution in [-0.2, 0) is 12.8 Å². The van der Waals surface area contributed by atoms with Crippen molar-refractivity contribution in [2.75, 3.05) is 16.3 Å². The zero-order chi connectivity index (χ0) is 39.6. The van der Waals surface area contributed by atoms with Gasteiger partial charge in [0.15, 0.2) is 0 Å². The first-order valence-corrected chi connectivity index (χ1v) is 21.3. The summed E-state index contributed by atoms with van der Waals surface area (Å²) in [5, 5.41) is 7.67. The van der Waals surface area contributed by atoms with Crippen LogP contribution in [0.5, 0.6) is 0 Å². The highest BCUT2D eigenvalue weighted by Gasteiger charge is 2.26. The van der Waals surface area contributed by atoms with E-state index in [1.54, 1.807) is 0 Å². The molecule has 2 aliphatic rings. The molecule has 0 saturated heterocycles. The molecule has 0 atom stereocenters. The maximum Gasteiger partial charge on any atom is 0.0497 e. The Bertz CT molecular complexity index is 3210. The highest BCUT2D eigenvalue weighted by atomic mass is 15.2. The topological polar surface area (TPSA) is 6.48 Å². The second-order valence-corrected chi connectivity index (χ2v) is 16.3. The second-order valence-electron chi connectivity index (χ2n) is 16.3. The Morgan fingerprint density at radius 2 is 0.850 bits per heavy atom. The zero-order valence-electron chi connectivity index (χ0n) is 33.4. The summed E-state index contributed by atoms with van der Waals surface area (Å²) in [4.78, 5) is 4.93. The van der Waals surface area contributed by atoms with E-state index in [9.17, 15) is 0 Å². The van der Waals surface area contributed by atoms with Crippen molar-refractivity contribution in [2.45, 2.75) is 19.3 Å². The lowest BCUT2D eigenvalue weighted by atomic mass is 9.81. The van der Waals surface area contributed by atoms with Crippen LogP contribution in [0.1, 0.15) is 23.1 Å². The summed E-state index contributed by atoms with van der Waals surface area (Å²) in [6.07, 6.45) is 3.23. The van der Waals surface area contributed by atoms with Crippen LogP contribution in [0, 0.1) is 0 Å². The van der Waals surface area contributed by atoms with Crippen LogP contribution in [0.2, 0.25) is 0 Å². The molecule has 2 heteroatoms. The first-order chi connectivity index (χ1) is 29.8. The van der Waals surface area contributed by atoms with Gasteiger partial charge in [0.1, 0.15) is 0 Å². The molecule has 0 radical (unpaired) electrons. The molecule has 0 bridgehead atoms. The molecule has 0 fully saturated rings. The van der Waals surface area contributed by atoms with Crippen LogP contribution < -0.4 is 9.80 Å². The quantitative estimate of drug-likeness (QED) is 0.161. The molecule has 2 heterocycles. The van der Waals surface area contributed by atoms with Crippen molar-refractivity contribution >= 4 is 60.8 Å². The minimum absolute atomic E-state index is 0.942. The maximum absolute atomic E-state index is 2.50.